The molecular formula is C14H19NO4. The van der Waals surface area contributed by atoms with E-state index < -0.39 is 5.97 Å². The number of carbonyl (C=O) groups excluding carboxylic acids is 1. The predicted molar refractivity (Wildman–Crippen MR) is 69.1 cm³/mol. The van der Waals surface area contributed by atoms with Crippen molar-refractivity contribution < 1.29 is 19.1 Å². The van der Waals surface area contributed by atoms with Crippen LogP contribution in [0.3, 0.4) is 0 Å². The SMILES string of the molecule is CC1CCC(NC(=O)c2ccc(C(=O)O)o2)CC1C. The largest absolute Gasteiger partial charge is 0.475 e. The molecule has 5 nitrogen and oxygen atoms in total. The average molecular weight is 265 g/mol. The van der Waals surface area contributed by atoms with Gasteiger partial charge < -0.3 is 14.8 Å². The van der Waals surface area contributed by atoms with Crippen LogP contribution in [0.25, 0.3) is 0 Å². The molecule has 0 saturated heterocycles. The van der Waals surface area contributed by atoms with Gasteiger partial charge in [0.25, 0.3) is 5.91 Å². The molecular weight excluding hydrogens is 246 g/mol. The normalized spacial score (nSPS) is 26.9. The minimum absolute atomic E-state index is 0.0590. The minimum Gasteiger partial charge on any atom is -0.475 e. The first kappa shape index (κ1) is 13.6. The van der Waals surface area contributed by atoms with Crippen molar-refractivity contribution in [3.8, 4) is 0 Å². The molecule has 2 rings (SSSR count). The smallest absolute Gasteiger partial charge is 0.371 e. The summed E-state index contributed by atoms with van der Waals surface area (Å²) in [5.41, 5.74) is 0. The molecule has 0 aliphatic heterocycles. The summed E-state index contributed by atoms with van der Waals surface area (Å²) < 4.78 is 4.98. The maximum atomic E-state index is 11.9. The number of carboxylic acids is 1. The van der Waals surface area contributed by atoms with Gasteiger partial charge in [0.1, 0.15) is 0 Å². The van der Waals surface area contributed by atoms with E-state index in [0.29, 0.717) is 11.8 Å². The molecule has 3 unspecified atom stereocenters. The minimum atomic E-state index is -1.17. The molecule has 1 amide bonds. The highest BCUT2D eigenvalue weighted by atomic mass is 16.4. The quantitative estimate of drug-likeness (QED) is 0.880. The van der Waals surface area contributed by atoms with Crippen LogP contribution in [0.4, 0.5) is 0 Å². The summed E-state index contributed by atoms with van der Waals surface area (Å²) in [6.45, 7) is 4.42. The Morgan fingerprint density at radius 3 is 2.47 bits per heavy atom. The molecule has 5 heteroatoms. The Bertz CT molecular complexity index is 480. The molecule has 19 heavy (non-hydrogen) atoms. The van der Waals surface area contributed by atoms with Crippen LogP contribution >= 0.6 is 0 Å². The number of aromatic carboxylic acids is 1. The lowest BCUT2D eigenvalue weighted by Gasteiger charge is -2.32. The van der Waals surface area contributed by atoms with Crippen molar-refractivity contribution in [2.45, 2.75) is 39.2 Å². The standard InChI is InChI=1S/C14H19NO4/c1-8-3-4-10(7-9(8)2)15-13(16)11-5-6-12(19-11)14(17)18/h5-6,8-10H,3-4,7H2,1-2H3,(H,15,16)(H,17,18). The monoisotopic (exact) mass is 265 g/mol. The second kappa shape index (κ2) is 5.47. The molecule has 0 aromatic carbocycles. The predicted octanol–water partition coefficient (Wildman–Crippen LogP) is 2.53. The van der Waals surface area contributed by atoms with Gasteiger partial charge in [-0.25, -0.2) is 4.79 Å². The molecule has 1 heterocycles. The number of hydrogen-bond donors (Lipinski definition) is 2. The lowest BCUT2D eigenvalue weighted by molar-refractivity contribution is 0.0659. The number of furan rings is 1. The summed E-state index contributed by atoms with van der Waals surface area (Å²) in [7, 11) is 0. The van der Waals surface area contributed by atoms with Gasteiger partial charge >= 0.3 is 5.97 Å². The van der Waals surface area contributed by atoms with Crippen LogP contribution in [0.15, 0.2) is 16.5 Å². The Balaban J connectivity index is 1.95. The number of hydrogen-bond acceptors (Lipinski definition) is 3. The Morgan fingerprint density at radius 2 is 1.89 bits per heavy atom. The van der Waals surface area contributed by atoms with E-state index in [9.17, 15) is 9.59 Å². The molecule has 1 saturated carbocycles. The highest BCUT2D eigenvalue weighted by Crippen LogP contribution is 2.29. The van der Waals surface area contributed by atoms with Gasteiger partial charge in [-0.15, -0.1) is 0 Å². The van der Waals surface area contributed by atoms with Crippen LogP contribution in [-0.2, 0) is 0 Å². The third-order valence-corrected chi connectivity index (χ3v) is 3.97. The molecule has 3 atom stereocenters. The first-order valence-corrected chi connectivity index (χ1v) is 6.61. The van der Waals surface area contributed by atoms with E-state index in [2.05, 4.69) is 19.2 Å². The van der Waals surface area contributed by atoms with Gasteiger partial charge in [-0.05, 0) is 43.2 Å². The number of carbonyl (C=O) groups is 2. The molecule has 0 radical (unpaired) electrons. The lowest BCUT2D eigenvalue weighted by atomic mass is 9.79. The third-order valence-electron chi connectivity index (χ3n) is 3.97. The van der Waals surface area contributed by atoms with Crippen LogP contribution < -0.4 is 5.32 Å². The molecule has 1 aliphatic carbocycles. The Labute approximate surface area is 112 Å². The van der Waals surface area contributed by atoms with Crippen molar-refractivity contribution in [1.29, 1.82) is 0 Å². The van der Waals surface area contributed by atoms with Gasteiger partial charge in [-0.2, -0.15) is 0 Å². The van der Waals surface area contributed by atoms with E-state index >= 15 is 0 Å². The van der Waals surface area contributed by atoms with Gasteiger partial charge in [0, 0.05) is 6.04 Å². The number of carboxylic acid groups (broad SMARTS) is 1. The van der Waals surface area contributed by atoms with E-state index in [0.717, 1.165) is 19.3 Å². The van der Waals surface area contributed by atoms with Crippen molar-refractivity contribution in [1.82, 2.24) is 5.32 Å². The van der Waals surface area contributed by atoms with Crippen molar-refractivity contribution in [3.05, 3.63) is 23.7 Å². The molecule has 1 aromatic heterocycles. The summed E-state index contributed by atoms with van der Waals surface area (Å²) >= 11 is 0. The summed E-state index contributed by atoms with van der Waals surface area (Å²) in [6, 6.07) is 2.84. The molecule has 0 bridgehead atoms. The average Bonchev–Trinajstić information content (AvgIpc) is 2.83. The second-order valence-electron chi connectivity index (χ2n) is 5.41. The van der Waals surface area contributed by atoms with Crippen LogP contribution in [0.2, 0.25) is 0 Å². The maximum absolute atomic E-state index is 11.9. The Kier molecular flexibility index (Phi) is 3.93. The second-order valence-corrected chi connectivity index (χ2v) is 5.41. The summed E-state index contributed by atoms with van der Waals surface area (Å²) in [4.78, 5) is 22.6. The zero-order chi connectivity index (χ0) is 14.0. The topological polar surface area (TPSA) is 79.5 Å². The molecule has 1 aromatic rings. The maximum Gasteiger partial charge on any atom is 0.371 e. The Hall–Kier alpha value is -1.78. The molecule has 1 aliphatic rings. The molecule has 0 spiro atoms. The molecule has 1 fully saturated rings. The van der Waals surface area contributed by atoms with Crippen LogP contribution in [0.5, 0.6) is 0 Å². The summed E-state index contributed by atoms with van der Waals surface area (Å²) in [6.07, 6.45) is 3.02. The van der Waals surface area contributed by atoms with Gasteiger partial charge in [-0.3, -0.25) is 4.79 Å². The van der Waals surface area contributed by atoms with E-state index in [1.807, 2.05) is 0 Å². The van der Waals surface area contributed by atoms with Crippen LogP contribution in [0.1, 0.15) is 54.2 Å². The van der Waals surface area contributed by atoms with E-state index in [4.69, 9.17) is 9.52 Å². The van der Waals surface area contributed by atoms with Crippen molar-refractivity contribution >= 4 is 11.9 Å². The number of nitrogens with one attached hydrogen (secondary N) is 1. The first-order chi connectivity index (χ1) is 8.97. The highest BCUT2D eigenvalue weighted by Gasteiger charge is 2.26. The van der Waals surface area contributed by atoms with E-state index in [-0.39, 0.29) is 23.5 Å². The first-order valence-electron chi connectivity index (χ1n) is 6.61. The highest BCUT2D eigenvalue weighted by molar-refractivity contribution is 5.93. The zero-order valence-corrected chi connectivity index (χ0v) is 11.2. The van der Waals surface area contributed by atoms with Gasteiger partial charge in [0.15, 0.2) is 5.76 Å². The fourth-order valence-corrected chi connectivity index (χ4v) is 2.51. The van der Waals surface area contributed by atoms with Crippen LogP contribution in [-0.4, -0.2) is 23.0 Å². The van der Waals surface area contributed by atoms with Crippen molar-refractivity contribution in [3.63, 3.8) is 0 Å². The van der Waals surface area contributed by atoms with E-state index in [1.165, 1.54) is 12.1 Å². The Morgan fingerprint density at radius 1 is 1.21 bits per heavy atom. The van der Waals surface area contributed by atoms with Crippen LogP contribution in [0, 0.1) is 11.8 Å². The molecule has 2 N–H and O–H groups in total. The third kappa shape index (κ3) is 3.16. The fraction of sp³-hybridized carbons (Fsp3) is 0.571. The molecule has 104 valence electrons. The number of amides is 1. The lowest BCUT2D eigenvalue weighted by Crippen LogP contribution is -2.39. The van der Waals surface area contributed by atoms with Crippen molar-refractivity contribution in [2.75, 3.05) is 0 Å². The number of rotatable bonds is 3. The van der Waals surface area contributed by atoms with Gasteiger partial charge in [0.2, 0.25) is 5.76 Å². The zero-order valence-electron chi connectivity index (χ0n) is 11.2. The summed E-state index contributed by atoms with van der Waals surface area (Å²) in [5, 5.41) is 11.7. The van der Waals surface area contributed by atoms with E-state index in [1.54, 1.807) is 0 Å². The summed E-state index contributed by atoms with van der Waals surface area (Å²) in [5.74, 6) is -0.376. The van der Waals surface area contributed by atoms with Gasteiger partial charge in [0.05, 0.1) is 0 Å². The fourth-order valence-electron chi connectivity index (χ4n) is 2.51. The van der Waals surface area contributed by atoms with Gasteiger partial charge in [-0.1, -0.05) is 13.8 Å². The van der Waals surface area contributed by atoms with Crippen molar-refractivity contribution in [2.24, 2.45) is 11.8 Å².